The Bertz CT molecular complexity index is 476. The van der Waals surface area contributed by atoms with Gasteiger partial charge < -0.3 is 10.6 Å². The summed E-state index contributed by atoms with van der Waals surface area (Å²) in [7, 11) is 0. The van der Waals surface area contributed by atoms with Crippen molar-refractivity contribution in [1.82, 2.24) is 10.6 Å². The Morgan fingerprint density at radius 1 is 1.44 bits per heavy atom. The van der Waals surface area contributed by atoms with E-state index in [0.29, 0.717) is 6.54 Å². The van der Waals surface area contributed by atoms with Crippen molar-refractivity contribution in [2.45, 2.75) is 13.3 Å². The van der Waals surface area contributed by atoms with Gasteiger partial charge in [0.05, 0.1) is 0 Å². The number of carbonyl (C=O) groups is 1. The second-order valence-electron chi connectivity index (χ2n) is 4.47. The van der Waals surface area contributed by atoms with E-state index in [9.17, 15) is 4.79 Å². The van der Waals surface area contributed by atoms with Crippen LogP contribution in [0.1, 0.15) is 12.5 Å². The molecule has 1 aromatic rings. The standard InChI is InChI=1S/C14H17ClN2O/c1-10(12-8-16-9-12)14(18)17-6-5-11-3-2-4-13(15)7-11/h2-4,7,16H,5-6,8-9H2,1H3,(H,17,18). The fourth-order valence-electron chi connectivity index (χ4n) is 1.82. The minimum atomic E-state index is 0.0357. The molecule has 0 unspecified atom stereocenters. The molecule has 3 nitrogen and oxygen atoms in total. The molecule has 0 bridgehead atoms. The van der Waals surface area contributed by atoms with Crippen LogP contribution in [0.15, 0.2) is 35.4 Å². The zero-order valence-corrected chi connectivity index (χ0v) is 11.2. The first-order valence-corrected chi connectivity index (χ1v) is 6.46. The second-order valence-corrected chi connectivity index (χ2v) is 4.90. The molecule has 2 rings (SSSR count). The van der Waals surface area contributed by atoms with Gasteiger partial charge in [-0.1, -0.05) is 23.7 Å². The Balaban J connectivity index is 1.80. The highest BCUT2D eigenvalue weighted by Crippen LogP contribution is 2.11. The van der Waals surface area contributed by atoms with Crippen LogP contribution in [0.5, 0.6) is 0 Å². The minimum Gasteiger partial charge on any atom is -0.352 e. The first-order valence-electron chi connectivity index (χ1n) is 6.09. The summed E-state index contributed by atoms with van der Waals surface area (Å²) in [6, 6.07) is 7.71. The van der Waals surface area contributed by atoms with E-state index in [2.05, 4.69) is 10.6 Å². The van der Waals surface area contributed by atoms with Gasteiger partial charge >= 0.3 is 0 Å². The maximum Gasteiger partial charge on any atom is 0.246 e. The van der Waals surface area contributed by atoms with Crippen LogP contribution in [-0.4, -0.2) is 25.5 Å². The highest BCUT2D eigenvalue weighted by atomic mass is 35.5. The van der Waals surface area contributed by atoms with Gasteiger partial charge in [0.15, 0.2) is 0 Å². The summed E-state index contributed by atoms with van der Waals surface area (Å²) in [5.74, 6) is 0.0357. The molecule has 18 heavy (non-hydrogen) atoms. The highest BCUT2D eigenvalue weighted by Gasteiger charge is 2.15. The SMILES string of the molecule is CC(C(=O)NCCc1cccc(Cl)c1)=C1CNC1. The summed E-state index contributed by atoms with van der Waals surface area (Å²) >= 11 is 5.90. The quantitative estimate of drug-likeness (QED) is 0.816. The van der Waals surface area contributed by atoms with E-state index in [4.69, 9.17) is 11.6 Å². The van der Waals surface area contributed by atoms with Crippen molar-refractivity contribution in [2.75, 3.05) is 19.6 Å². The molecule has 2 N–H and O–H groups in total. The Kier molecular flexibility index (Phi) is 4.39. The average molecular weight is 265 g/mol. The molecule has 0 aromatic heterocycles. The van der Waals surface area contributed by atoms with Crippen molar-refractivity contribution in [1.29, 1.82) is 0 Å². The molecule has 96 valence electrons. The molecule has 0 spiro atoms. The Labute approximate surface area is 112 Å². The predicted octanol–water partition coefficient (Wildman–Crippen LogP) is 1.92. The van der Waals surface area contributed by atoms with Gasteiger partial charge in [0.1, 0.15) is 0 Å². The van der Waals surface area contributed by atoms with E-state index in [0.717, 1.165) is 35.7 Å². The molecule has 0 atom stereocenters. The molecular weight excluding hydrogens is 248 g/mol. The number of hydrogen-bond donors (Lipinski definition) is 2. The van der Waals surface area contributed by atoms with Gasteiger partial charge in [0, 0.05) is 30.2 Å². The number of benzene rings is 1. The van der Waals surface area contributed by atoms with Gasteiger partial charge in [0.2, 0.25) is 5.91 Å². The maximum atomic E-state index is 11.8. The molecule has 1 aliphatic heterocycles. The van der Waals surface area contributed by atoms with E-state index in [1.165, 1.54) is 5.57 Å². The van der Waals surface area contributed by atoms with Crippen molar-refractivity contribution in [2.24, 2.45) is 0 Å². The average Bonchev–Trinajstić information content (AvgIpc) is 2.26. The van der Waals surface area contributed by atoms with Crippen LogP contribution in [0.3, 0.4) is 0 Å². The number of rotatable bonds is 4. The van der Waals surface area contributed by atoms with Crippen LogP contribution >= 0.6 is 11.6 Å². The molecule has 1 aromatic carbocycles. The van der Waals surface area contributed by atoms with Crippen molar-refractivity contribution < 1.29 is 4.79 Å². The maximum absolute atomic E-state index is 11.8. The lowest BCUT2D eigenvalue weighted by Crippen LogP contribution is -2.38. The molecule has 0 saturated carbocycles. The molecule has 0 aliphatic carbocycles. The molecule has 1 saturated heterocycles. The molecule has 1 aliphatic rings. The lowest BCUT2D eigenvalue weighted by molar-refractivity contribution is -0.117. The number of nitrogens with one attached hydrogen (secondary N) is 2. The second kappa shape index (κ2) is 6.03. The monoisotopic (exact) mass is 264 g/mol. The van der Waals surface area contributed by atoms with Gasteiger partial charge in [-0.3, -0.25) is 4.79 Å². The Hall–Kier alpha value is -1.32. The van der Waals surface area contributed by atoms with Gasteiger partial charge in [0.25, 0.3) is 0 Å². The first-order chi connectivity index (χ1) is 8.66. The van der Waals surface area contributed by atoms with Crippen LogP contribution in [0, 0.1) is 0 Å². The topological polar surface area (TPSA) is 41.1 Å². The molecular formula is C14H17ClN2O. The van der Waals surface area contributed by atoms with E-state index in [-0.39, 0.29) is 5.91 Å². The van der Waals surface area contributed by atoms with E-state index < -0.39 is 0 Å². The highest BCUT2D eigenvalue weighted by molar-refractivity contribution is 6.30. The van der Waals surface area contributed by atoms with Crippen LogP contribution in [-0.2, 0) is 11.2 Å². The summed E-state index contributed by atoms with van der Waals surface area (Å²) in [6.45, 7) is 4.20. The lowest BCUT2D eigenvalue weighted by atomic mass is 10.0. The molecule has 0 radical (unpaired) electrons. The predicted molar refractivity (Wildman–Crippen MR) is 73.7 cm³/mol. The largest absolute Gasteiger partial charge is 0.352 e. The number of amides is 1. The van der Waals surface area contributed by atoms with E-state index in [1.54, 1.807) is 0 Å². The lowest BCUT2D eigenvalue weighted by Gasteiger charge is -2.21. The van der Waals surface area contributed by atoms with Crippen molar-refractivity contribution in [3.8, 4) is 0 Å². The summed E-state index contributed by atoms with van der Waals surface area (Å²) in [5.41, 5.74) is 3.19. The van der Waals surface area contributed by atoms with E-state index in [1.807, 2.05) is 31.2 Å². The first kappa shape index (κ1) is 13.1. The van der Waals surface area contributed by atoms with Gasteiger partial charge in [-0.05, 0) is 36.6 Å². The molecule has 4 heteroatoms. The number of hydrogen-bond acceptors (Lipinski definition) is 2. The molecule has 1 fully saturated rings. The van der Waals surface area contributed by atoms with Crippen LogP contribution < -0.4 is 10.6 Å². The van der Waals surface area contributed by atoms with Crippen LogP contribution in [0.2, 0.25) is 5.02 Å². The smallest absolute Gasteiger partial charge is 0.246 e. The number of carbonyl (C=O) groups excluding carboxylic acids is 1. The fraction of sp³-hybridized carbons (Fsp3) is 0.357. The fourth-order valence-corrected chi connectivity index (χ4v) is 2.03. The van der Waals surface area contributed by atoms with Gasteiger partial charge in [-0.15, -0.1) is 0 Å². The van der Waals surface area contributed by atoms with Crippen molar-refractivity contribution in [3.05, 3.63) is 46.0 Å². The zero-order chi connectivity index (χ0) is 13.0. The Morgan fingerprint density at radius 3 is 2.83 bits per heavy atom. The van der Waals surface area contributed by atoms with Gasteiger partial charge in [-0.25, -0.2) is 0 Å². The van der Waals surface area contributed by atoms with Crippen molar-refractivity contribution >= 4 is 17.5 Å². The van der Waals surface area contributed by atoms with Crippen molar-refractivity contribution in [3.63, 3.8) is 0 Å². The van der Waals surface area contributed by atoms with Gasteiger partial charge in [-0.2, -0.15) is 0 Å². The number of halogens is 1. The van der Waals surface area contributed by atoms with E-state index >= 15 is 0 Å². The summed E-state index contributed by atoms with van der Waals surface area (Å²) < 4.78 is 0. The summed E-state index contributed by atoms with van der Waals surface area (Å²) in [6.07, 6.45) is 0.799. The minimum absolute atomic E-state index is 0.0357. The van der Waals surface area contributed by atoms with Crippen LogP contribution in [0.4, 0.5) is 0 Å². The zero-order valence-electron chi connectivity index (χ0n) is 10.4. The normalized spacial score (nSPS) is 14.0. The Morgan fingerprint density at radius 2 is 2.22 bits per heavy atom. The third-order valence-corrected chi connectivity index (χ3v) is 3.37. The third-order valence-electron chi connectivity index (χ3n) is 3.14. The third kappa shape index (κ3) is 3.34. The summed E-state index contributed by atoms with van der Waals surface area (Å²) in [5, 5.41) is 6.80. The molecule has 1 heterocycles. The molecule has 1 amide bonds. The summed E-state index contributed by atoms with van der Waals surface area (Å²) in [4.78, 5) is 11.8. The van der Waals surface area contributed by atoms with Crippen LogP contribution in [0.25, 0.3) is 0 Å².